The van der Waals surface area contributed by atoms with Gasteiger partial charge in [0, 0.05) is 18.0 Å². The van der Waals surface area contributed by atoms with Crippen molar-refractivity contribution in [1.82, 2.24) is 5.32 Å². The first-order chi connectivity index (χ1) is 5.20. The summed E-state index contributed by atoms with van der Waals surface area (Å²) in [6, 6.07) is 0.618. The van der Waals surface area contributed by atoms with Crippen LogP contribution in [0.5, 0.6) is 0 Å². The van der Waals surface area contributed by atoms with E-state index in [1.54, 1.807) is 0 Å². The number of hydrogen-bond acceptors (Lipinski definition) is 1. The van der Waals surface area contributed by atoms with E-state index < -0.39 is 0 Å². The molecule has 0 fully saturated rings. The van der Waals surface area contributed by atoms with Crippen molar-refractivity contribution in [3.05, 3.63) is 0 Å². The molecule has 11 heavy (non-hydrogen) atoms. The monoisotopic (exact) mass is 177 g/mol. The molecule has 2 heteroatoms. The fraction of sp³-hybridized carbons (Fsp3) is 1.00. The number of hydrogen-bond donors (Lipinski definition) is 1. The molecule has 0 aliphatic rings. The second-order valence-electron chi connectivity index (χ2n) is 3.10. The van der Waals surface area contributed by atoms with Crippen LogP contribution >= 0.6 is 11.6 Å². The van der Waals surface area contributed by atoms with E-state index in [4.69, 9.17) is 11.6 Å². The van der Waals surface area contributed by atoms with Gasteiger partial charge in [0.05, 0.1) is 0 Å². The molecular formula is C9H20ClN. The van der Waals surface area contributed by atoms with E-state index in [0.29, 0.717) is 11.4 Å². The Balaban J connectivity index is 3.22. The van der Waals surface area contributed by atoms with Crippen LogP contribution in [0.15, 0.2) is 0 Å². The van der Waals surface area contributed by atoms with Crippen LogP contribution in [0.3, 0.4) is 0 Å². The lowest BCUT2D eigenvalue weighted by molar-refractivity contribution is 0.502. The van der Waals surface area contributed by atoms with Gasteiger partial charge in [0.1, 0.15) is 0 Å². The Morgan fingerprint density at radius 3 is 2.45 bits per heavy atom. The van der Waals surface area contributed by atoms with Gasteiger partial charge in [-0.25, -0.2) is 0 Å². The highest BCUT2D eigenvalue weighted by Gasteiger charge is 2.03. The first-order valence-corrected chi connectivity index (χ1v) is 5.01. The summed E-state index contributed by atoms with van der Waals surface area (Å²) < 4.78 is 0. The van der Waals surface area contributed by atoms with Gasteiger partial charge < -0.3 is 5.32 Å². The van der Waals surface area contributed by atoms with E-state index in [0.717, 1.165) is 13.0 Å². The zero-order chi connectivity index (χ0) is 8.69. The highest BCUT2D eigenvalue weighted by Crippen LogP contribution is 2.01. The third-order valence-electron chi connectivity index (χ3n) is 1.85. The standard InChI is InChI=1S/C9H20ClN/c1-4-6-8(3)11-7-9(10)5-2/h8-9,11H,4-7H2,1-3H3. The molecule has 0 aromatic heterocycles. The van der Waals surface area contributed by atoms with Crippen LogP contribution in [0.2, 0.25) is 0 Å². The van der Waals surface area contributed by atoms with Crippen molar-refractivity contribution in [3.63, 3.8) is 0 Å². The Bertz CT molecular complexity index is 85.6. The van der Waals surface area contributed by atoms with Crippen molar-refractivity contribution in [3.8, 4) is 0 Å². The van der Waals surface area contributed by atoms with Crippen molar-refractivity contribution in [2.24, 2.45) is 0 Å². The average molecular weight is 178 g/mol. The van der Waals surface area contributed by atoms with Crippen LogP contribution in [-0.2, 0) is 0 Å². The van der Waals surface area contributed by atoms with E-state index in [-0.39, 0.29) is 0 Å². The molecule has 0 aromatic rings. The van der Waals surface area contributed by atoms with Gasteiger partial charge in [-0.15, -0.1) is 11.6 Å². The van der Waals surface area contributed by atoms with Crippen molar-refractivity contribution in [1.29, 1.82) is 0 Å². The molecule has 0 heterocycles. The molecule has 0 aliphatic carbocycles. The molecule has 2 atom stereocenters. The first kappa shape index (κ1) is 11.2. The molecule has 0 aromatic carbocycles. The molecule has 0 amide bonds. The van der Waals surface area contributed by atoms with Crippen LogP contribution < -0.4 is 5.32 Å². The summed E-state index contributed by atoms with van der Waals surface area (Å²) in [5, 5.41) is 3.70. The van der Waals surface area contributed by atoms with E-state index in [1.165, 1.54) is 12.8 Å². The van der Waals surface area contributed by atoms with E-state index in [1.807, 2.05) is 0 Å². The molecule has 0 spiro atoms. The Morgan fingerprint density at radius 1 is 1.36 bits per heavy atom. The molecule has 0 saturated heterocycles. The Hall–Kier alpha value is 0.250. The third kappa shape index (κ3) is 6.64. The van der Waals surface area contributed by atoms with Crippen molar-refractivity contribution in [2.75, 3.05) is 6.54 Å². The molecule has 68 valence electrons. The van der Waals surface area contributed by atoms with Gasteiger partial charge in [0.25, 0.3) is 0 Å². The maximum absolute atomic E-state index is 5.95. The lowest BCUT2D eigenvalue weighted by atomic mass is 10.2. The zero-order valence-electron chi connectivity index (χ0n) is 7.86. The van der Waals surface area contributed by atoms with Crippen molar-refractivity contribution in [2.45, 2.75) is 51.5 Å². The summed E-state index contributed by atoms with van der Waals surface area (Å²) >= 11 is 5.95. The number of rotatable bonds is 6. The molecule has 0 bridgehead atoms. The smallest absolute Gasteiger partial charge is 0.0458 e. The highest BCUT2D eigenvalue weighted by molar-refractivity contribution is 6.20. The number of halogens is 1. The van der Waals surface area contributed by atoms with Crippen LogP contribution in [0.1, 0.15) is 40.0 Å². The highest BCUT2D eigenvalue weighted by atomic mass is 35.5. The molecule has 1 N–H and O–H groups in total. The van der Waals surface area contributed by atoms with Gasteiger partial charge in [-0.1, -0.05) is 20.3 Å². The molecule has 2 unspecified atom stereocenters. The minimum Gasteiger partial charge on any atom is -0.313 e. The number of nitrogens with one attached hydrogen (secondary N) is 1. The van der Waals surface area contributed by atoms with Crippen molar-refractivity contribution >= 4 is 11.6 Å². The van der Waals surface area contributed by atoms with Crippen LogP contribution in [-0.4, -0.2) is 18.0 Å². The predicted octanol–water partition coefficient (Wildman–Crippen LogP) is 2.78. The quantitative estimate of drug-likeness (QED) is 0.616. The zero-order valence-corrected chi connectivity index (χ0v) is 8.62. The Morgan fingerprint density at radius 2 is 2.00 bits per heavy atom. The summed E-state index contributed by atoms with van der Waals surface area (Å²) in [5.41, 5.74) is 0. The fourth-order valence-corrected chi connectivity index (χ4v) is 1.10. The largest absolute Gasteiger partial charge is 0.313 e. The minimum absolute atomic E-state index is 0.300. The topological polar surface area (TPSA) is 12.0 Å². The SMILES string of the molecule is CCCC(C)NCC(Cl)CC. The average Bonchev–Trinajstić information content (AvgIpc) is 2.01. The molecule has 0 saturated carbocycles. The van der Waals surface area contributed by atoms with Gasteiger partial charge in [-0.05, 0) is 19.8 Å². The van der Waals surface area contributed by atoms with Gasteiger partial charge >= 0.3 is 0 Å². The van der Waals surface area contributed by atoms with Crippen LogP contribution in [0, 0.1) is 0 Å². The normalized spacial score (nSPS) is 16.4. The molecule has 0 aliphatic heterocycles. The maximum Gasteiger partial charge on any atom is 0.0458 e. The Labute approximate surface area is 75.5 Å². The molecule has 1 nitrogen and oxygen atoms in total. The van der Waals surface area contributed by atoms with E-state index in [2.05, 4.69) is 26.1 Å². The predicted molar refractivity (Wildman–Crippen MR) is 52.3 cm³/mol. The van der Waals surface area contributed by atoms with Gasteiger partial charge in [-0.3, -0.25) is 0 Å². The lowest BCUT2D eigenvalue weighted by Gasteiger charge is -2.14. The van der Waals surface area contributed by atoms with E-state index >= 15 is 0 Å². The molecule has 0 radical (unpaired) electrons. The first-order valence-electron chi connectivity index (χ1n) is 4.58. The Kier molecular flexibility index (Phi) is 7.09. The van der Waals surface area contributed by atoms with Crippen LogP contribution in [0.4, 0.5) is 0 Å². The number of alkyl halides is 1. The van der Waals surface area contributed by atoms with Gasteiger partial charge in [-0.2, -0.15) is 0 Å². The minimum atomic E-state index is 0.300. The fourth-order valence-electron chi connectivity index (χ4n) is 1.01. The maximum atomic E-state index is 5.95. The summed E-state index contributed by atoms with van der Waals surface area (Å²) in [6.07, 6.45) is 3.54. The lowest BCUT2D eigenvalue weighted by Crippen LogP contribution is -2.31. The molecule has 0 rings (SSSR count). The van der Waals surface area contributed by atoms with Gasteiger partial charge in [0.2, 0.25) is 0 Å². The second-order valence-corrected chi connectivity index (χ2v) is 3.72. The second kappa shape index (κ2) is 6.93. The summed E-state index contributed by atoms with van der Waals surface area (Å²) in [6.45, 7) is 7.47. The third-order valence-corrected chi connectivity index (χ3v) is 2.32. The van der Waals surface area contributed by atoms with Crippen LogP contribution in [0.25, 0.3) is 0 Å². The van der Waals surface area contributed by atoms with Crippen molar-refractivity contribution < 1.29 is 0 Å². The molecular weight excluding hydrogens is 158 g/mol. The summed E-state index contributed by atoms with van der Waals surface area (Å²) in [7, 11) is 0. The summed E-state index contributed by atoms with van der Waals surface area (Å²) in [5.74, 6) is 0. The van der Waals surface area contributed by atoms with E-state index in [9.17, 15) is 0 Å². The van der Waals surface area contributed by atoms with Gasteiger partial charge in [0.15, 0.2) is 0 Å². The summed E-state index contributed by atoms with van der Waals surface area (Å²) in [4.78, 5) is 0.